The van der Waals surface area contributed by atoms with Crippen molar-refractivity contribution in [1.82, 2.24) is 4.98 Å². The Kier molecular flexibility index (Phi) is 1.59. The Bertz CT molecular complexity index is 473. The van der Waals surface area contributed by atoms with Crippen LogP contribution in [0.25, 0.3) is 10.8 Å². The normalized spacial score (nSPS) is 10.3. The zero-order valence-corrected chi connectivity index (χ0v) is 7.19. The van der Waals surface area contributed by atoms with Gasteiger partial charge in [-0.1, -0.05) is 36.5 Å². The van der Waals surface area contributed by atoms with Crippen molar-refractivity contribution in [2.24, 2.45) is 0 Å². The first-order chi connectivity index (χ1) is 5.77. The second-order valence-corrected chi connectivity index (χ2v) is 3.07. The van der Waals surface area contributed by atoms with Crippen LogP contribution in [0.15, 0.2) is 30.3 Å². The molecule has 1 aromatic carbocycles. The van der Waals surface area contributed by atoms with Gasteiger partial charge in [-0.05, 0) is 11.5 Å². The molecular weight excluding hydrogens is 168 g/mol. The van der Waals surface area contributed by atoms with Crippen molar-refractivity contribution in [3.8, 4) is 0 Å². The molecule has 1 aromatic heterocycles. The van der Waals surface area contributed by atoms with E-state index in [1.54, 1.807) is 0 Å². The Morgan fingerprint density at radius 2 is 2.00 bits per heavy atom. The number of aromatic amines is 1. The van der Waals surface area contributed by atoms with Gasteiger partial charge in [0.25, 0.3) is 0 Å². The molecule has 60 valence electrons. The Labute approximate surface area is 75.0 Å². The third-order valence-electron chi connectivity index (χ3n) is 1.80. The minimum Gasteiger partial charge on any atom is -0.385 e. The second-order valence-electron chi connectivity index (χ2n) is 2.63. The number of benzene rings is 1. The summed E-state index contributed by atoms with van der Waals surface area (Å²) < 4.78 is 0.672. The van der Waals surface area contributed by atoms with Gasteiger partial charge in [-0.15, -0.1) is 0 Å². The molecule has 0 amide bonds. The van der Waals surface area contributed by atoms with Crippen LogP contribution in [0.4, 0.5) is 5.82 Å². The van der Waals surface area contributed by atoms with Crippen molar-refractivity contribution >= 4 is 28.8 Å². The number of pyridine rings is 1. The van der Waals surface area contributed by atoms with Crippen molar-refractivity contribution < 1.29 is 0 Å². The van der Waals surface area contributed by atoms with E-state index in [1.807, 2.05) is 30.3 Å². The summed E-state index contributed by atoms with van der Waals surface area (Å²) in [6.07, 6.45) is 0. The van der Waals surface area contributed by atoms with Gasteiger partial charge in [0.15, 0.2) is 0 Å². The third-order valence-corrected chi connectivity index (χ3v) is 2.02. The Morgan fingerprint density at radius 1 is 1.25 bits per heavy atom. The molecule has 0 radical (unpaired) electrons. The first-order valence-electron chi connectivity index (χ1n) is 3.65. The summed E-state index contributed by atoms with van der Waals surface area (Å²) >= 11 is 4.99. The van der Waals surface area contributed by atoms with Gasteiger partial charge in [0.2, 0.25) is 0 Å². The average molecular weight is 176 g/mol. The molecule has 3 N–H and O–H groups in total. The number of rotatable bonds is 0. The van der Waals surface area contributed by atoms with Crippen LogP contribution < -0.4 is 5.73 Å². The Balaban J connectivity index is 2.99. The Morgan fingerprint density at radius 3 is 2.83 bits per heavy atom. The standard InChI is InChI=1S/C9H8N2S/c10-9-7-4-2-1-3-6(7)5-8(12)11-9/h1-5H,(H3,10,11,12). The van der Waals surface area contributed by atoms with Gasteiger partial charge in [-0.3, -0.25) is 0 Å². The van der Waals surface area contributed by atoms with Crippen LogP contribution in [0, 0.1) is 4.64 Å². The summed E-state index contributed by atoms with van der Waals surface area (Å²) in [6.45, 7) is 0. The van der Waals surface area contributed by atoms with Crippen LogP contribution in [-0.2, 0) is 0 Å². The molecular formula is C9H8N2S. The first kappa shape index (κ1) is 7.31. The molecule has 0 spiro atoms. The van der Waals surface area contributed by atoms with Crippen LogP contribution in [0.3, 0.4) is 0 Å². The van der Waals surface area contributed by atoms with E-state index in [4.69, 9.17) is 18.0 Å². The fourth-order valence-electron chi connectivity index (χ4n) is 1.25. The summed E-state index contributed by atoms with van der Waals surface area (Å²) in [7, 11) is 0. The van der Waals surface area contributed by atoms with Crippen molar-refractivity contribution in [1.29, 1.82) is 0 Å². The van der Waals surface area contributed by atoms with Gasteiger partial charge in [-0.25, -0.2) is 0 Å². The largest absolute Gasteiger partial charge is 0.385 e. The molecule has 3 heteroatoms. The lowest BCUT2D eigenvalue weighted by Gasteiger charge is -2.00. The van der Waals surface area contributed by atoms with Crippen molar-refractivity contribution in [3.63, 3.8) is 0 Å². The minimum atomic E-state index is 0.637. The van der Waals surface area contributed by atoms with E-state index in [-0.39, 0.29) is 0 Å². The zero-order chi connectivity index (χ0) is 8.55. The molecule has 0 fully saturated rings. The summed E-state index contributed by atoms with van der Waals surface area (Å²) in [5.74, 6) is 0.637. The van der Waals surface area contributed by atoms with E-state index < -0.39 is 0 Å². The van der Waals surface area contributed by atoms with Gasteiger partial charge in [0, 0.05) is 5.39 Å². The fourth-order valence-corrected chi connectivity index (χ4v) is 1.48. The molecule has 0 bridgehead atoms. The molecule has 12 heavy (non-hydrogen) atoms. The number of hydrogen-bond acceptors (Lipinski definition) is 2. The minimum absolute atomic E-state index is 0.637. The monoisotopic (exact) mass is 176 g/mol. The van der Waals surface area contributed by atoms with Gasteiger partial charge in [0.05, 0.1) is 0 Å². The molecule has 0 saturated heterocycles. The Hall–Kier alpha value is -1.35. The van der Waals surface area contributed by atoms with Crippen LogP contribution in [0.5, 0.6) is 0 Å². The molecule has 0 aliphatic carbocycles. The molecule has 0 saturated carbocycles. The molecule has 2 rings (SSSR count). The highest BCUT2D eigenvalue weighted by Gasteiger charge is 1.95. The number of hydrogen-bond donors (Lipinski definition) is 2. The van der Waals surface area contributed by atoms with Crippen LogP contribution in [0.1, 0.15) is 0 Å². The van der Waals surface area contributed by atoms with E-state index >= 15 is 0 Å². The summed E-state index contributed by atoms with van der Waals surface area (Å²) in [5.41, 5.74) is 5.73. The molecule has 0 aliphatic rings. The van der Waals surface area contributed by atoms with Gasteiger partial charge in [-0.2, -0.15) is 0 Å². The first-order valence-corrected chi connectivity index (χ1v) is 4.06. The van der Waals surface area contributed by atoms with Crippen molar-refractivity contribution in [3.05, 3.63) is 35.0 Å². The van der Waals surface area contributed by atoms with E-state index in [0.717, 1.165) is 10.8 Å². The molecule has 0 atom stereocenters. The highest BCUT2D eigenvalue weighted by atomic mass is 32.1. The van der Waals surface area contributed by atoms with Crippen LogP contribution in [0.2, 0.25) is 0 Å². The van der Waals surface area contributed by atoms with E-state index in [9.17, 15) is 0 Å². The lowest BCUT2D eigenvalue weighted by atomic mass is 10.2. The molecule has 0 aliphatic heterocycles. The number of nitrogen functional groups attached to an aromatic ring is 1. The third kappa shape index (κ3) is 1.08. The van der Waals surface area contributed by atoms with Crippen molar-refractivity contribution in [2.45, 2.75) is 0 Å². The number of anilines is 1. The number of nitrogens with one attached hydrogen (secondary N) is 1. The topological polar surface area (TPSA) is 41.8 Å². The SMILES string of the molecule is Nc1[nH]c(=S)cc2ccccc12. The summed E-state index contributed by atoms with van der Waals surface area (Å²) in [4.78, 5) is 2.91. The van der Waals surface area contributed by atoms with Gasteiger partial charge < -0.3 is 10.7 Å². The van der Waals surface area contributed by atoms with Gasteiger partial charge in [0.1, 0.15) is 10.5 Å². The average Bonchev–Trinajstić information content (AvgIpc) is 2.04. The lowest BCUT2D eigenvalue weighted by Crippen LogP contribution is -1.91. The maximum Gasteiger partial charge on any atom is 0.109 e. The zero-order valence-electron chi connectivity index (χ0n) is 6.37. The van der Waals surface area contributed by atoms with E-state index in [1.165, 1.54) is 0 Å². The van der Waals surface area contributed by atoms with E-state index in [0.29, 0.717) is 10.5 Å². The van der Waals surface area contributed by atoms with E-state index in [2.05, 4.69) is 4.98 Å². The van der Waals surface area contributed by atoms with Crippen LogP contribution in [-0.4, -0.2) is 4.98 Å². The smallest absolute Gasteiger partial charge is 0.109 e. The predicted molar refractivity (Wildman–Crippen MR) is 53.5 cm³/mol. The molecule has 2 nitrogen and oxygen atoms in total. The van der Waals surface area contributed by atoms with Crippen molar-refractivity contribution in [2.75, 3.05) is 5.73 Å². The predicted octanol–water partition coefficient (Wildman–Crippen LogP) is 2.48. The summed E-state index contributed by atoms with van der Waals surface area (Å²) in [6, 6.07) is 9.79. The highest BCUT2D eigenvalue weighted by Crippen LogP contribution is 2.17. The quantitative estimate of drug-likeness (QED) is 0.605. The number of H-pyrrole nitrogens is 1. The highest BCUT2D eigenvalue weighted by molar-refractivity contribution is 7.71. The van der Waals surface area contributed by atoms with Gasteiger partial charge >= 0.3 is 0 Å². The molecule has 1 heterocycles. The number of nitrogens with two attached hydrogens (primary N) is 1. The number of aromatic nitrogens is 1. The summed E-state index contributed by atoms with van der Waals surface area (Å²) in [5, 5.41) is 2.10. The molecule has 0 unspecified atom stereocenters. The second kappa shape index (κ2) is 2.60. The lowest BCUT2D eigenvalue weighted by molar-refractivity contribution is 1.34. The number of fused-ring (bicyclic) bond motifs is 1. The fraction of sp³-hybridized carbons (Fsp3) is 0. The molecule has 2 aromatic rings. The maximum absolute atomic E-state index is 5.73. The maximum atomic E-state index is 5.73. The van der Waals surface area contributed by atoms with Crippen LogP contribution >= 0.6 is 12.2 Å².